The van der Waals surface area contributed by atoms with Gasteiger partial charge in [0.05, 0.1) is 11.8 Å². The number of allylic oxidation sites excluding steroid dienone is 1. The van der Waals surface area contributed by atoms with Gasteiger partial charge in [0.25, 0.3) is 0 Å². The first-order valence-electron chi connectivity index (χ1n) is 6.43. The maximum atomic E-state index is 13.1. The lowest BCUT2D eigenvalue weighted by Crippen LogP contribution is -2.16. The summed E-state index contributed by atoms with van der Waals surface area (Å²) >= 11 is 0. The monoisotopic (exact) mass is 292 g/mol. The van der Waals surface area contributed by atoms with Crippen LogP contribution >= 0.6 is 0 Å². The van der Waals surface area contributed by atoms with E-state index in [4.69, 9.17) is 5.11 Å². The van der Waals surface area contributed by atoms with Crippen LogP contribution in [-0.2, 0) is 16.0 Å². The second-order valence-corrected chi connectivity index (χ2v) is 4.63. The van der Waals surface area contributed by atoms with Crippen LogP contribution in [0.4, 0.5) is 4.39 Å². The van der Waals surface area contributed by atoms with Gasteiger partial charge in [-0.15, -0.1) is 6.58 Å². The Hall–Kier alpha value is -2.43. The summed E-state index contributed by atoms with van der Waals surface area (Å²) in [7, 11) is 0. The summed E-state index contributed by atoms with van der Waals surface area (Å²) < 4.78 is 13.1. The fourth-order valence-electron chi connectivity index (χ4n) is 1.87. The van der Waals surface area contributed by atoms with Crippen LogP contribution in [-0.4, -0.2) is 22.2 Å². The number of rotatable bonds is 8. The molecule has 5 heteroatoms. The minimum atomic E-state index is -1.08. The predicted octanol–water partition coefficient (Wildman–Crippen LogP) is 2.90. The van der Waals surface area contributed by atoms with Gasteiger partial charge >= 0.3 is 11.9 Å². The molecule has 4 nitrogen and oxygen atoms in total. The highest BCUT2D eigenvalue weighted by atomic mass is 19.1. The first-order valence-corrected chi connectivity index (χ1v) is 6.43. The summed E-state index contributed by atoms with van der Waals surface area (Å²) in [6, 6.07) is 5.68. The summed E-state index contributed by atoms with van der Waals surface area (Å²) in [5, 5.41) is 18.2. The third-order valence-electron chi connectivity index (χ3n) is 2.98. The molecule has 0 aliphatic heterocycles. The molecule has 2 atom stereocenters. The lowest BCUT2D eigenvalue weighted by molar-refractivity contribution is -0.141. The number of carboxylic acids is 2. The highest BCUT2D eigenvalue weighted by Gasteiger charge is 2.18. The molecule has 21 heavy (non-hydrogen) atoms. The SMILES string of the molecule is C=CC[C@@H](C=C[C@H](Cc1cccc(F)c1)C(=O)O)C(=O)O. The average Bonchev–Trinajstić information content (AvgIpc) is 2.41. The number of halogens is 1. The molecule has 0 aliphatic rings. The van der Waals surface area contributed by atoms with Crippen LogP contribution in [0.25, 0.3) is 0 Å². The smallest absolute Gasteiger partial charge is 0.310 e. The maximum Gasteiger partial charge on any atom is 0.310 e. The van der Waals surface area contributed by atoms with E-state index in [1.54, 1.807) is 6.07 Å². The Morgan fingerprint density at radius 3 is 2.33 bits per heavy atom. The van der Waals surface area contributed by atoms with E-state index >= 15 is 0 Å². The first-order chi connectivity index (χ1) is 9.93. The van der Waals surface area contributed by atoms with Gasteiger partial charge < -0.3 is 10.2 Å². The van der Waals surface area contributed by atoms with Crippen molar-refractivity contribution in [2.45, 2.75) is 12.8 Å². The van der Waals surface area contributed by atoms with Crippen LogP contribution in [0.2, 0.25) is 0 Å². The minimum Gasteiger partial charge on any atom is -0.481 e. The molecular formula is C16H17FO4. The molecule has 0 heterocycles. The molecule has 0 bridgehead atoms. The van der Waals surface area contributed by atoms with E-state index in [-0.39, 0.29) is 12.8 Å². The zero-order chi connectivity index (χ0) is 15.8. The summed E-state index contributed by atoms with van der Waals surface area (Å²) in [4.78, 5) is 22.2. The Morgan fingerprint density at radius 1 is 1.19 bits per heavy atom. The Bertz CT molecular complexity index is 551. The van der Waals surface area contributed by atoms with E-state index in [9.17, 15) is 19.1 Å². The van der Waals surface area contributed by atoms with Gasteiger partial charge in [-0.2, -0.15) is 0 Å². The molecule has 0 saturated heterocycles. The molecule has 0 unspecified atom stereocenters. The van der Waals surface area contributed by atoms with E-state index in [0.29, 0.717) is 5.56 Å². The van der Waals surface area contributed by atoms with Crippen LogP contribution in [0.15, 0.2) is 49.1 Å². The molecule has 2 N–H and O–H groups in total. The van der Waals surface area contributed by atoms with Gasteiger partial charge in [0.1, 0.15) is 5.82 Å². The van der Waals surface area contributed by atoms with Crippen molar-refractivity contribution in [3.8, 4) is 0 Å². The largest absolute Gasteiger partial charge is 0.481 e. The average molecular weight is 292 g/mol. The second-order valence-electron chi connectivity index (χ2n) is 4.63. The number of hydrogen-bond donors (Lipinski definition) is 2. The molecule has 112 valence electrons. The lowest BCUT2D eigenvalue weighted by Gasteiger charge is -2.09. The van der Waals surface area contributed by atoms with Crippen molar-refractivity contribution >= 4 is 11.9 Å². The molecule has 1 aromatic rings. The fourth-order valence-corrected chi connectivity index (χ4v) is 1.87. The van der Waals surface area contributed by atoms with Crippen LogP contribution in [0.1, 0.15) is 12.0 Å². The third-order valence-corrected chi connectivity index (χ3v) is 2.98. The van der Waals surface area contributed by atoms with Crippen molar-refractivity contribution < 1.29 is 24.2 Å². The maximum absolute atomic E-state index is 13.1. The van der Waals surface area contributed by atoms with Crippen LogP contribution in [0.3, 0.4) is 0 Å². The number of hydrogen-bond acceptors (Lipinski definition) is 2. The molecule has 1 aromatic carbocycles. The highest BCUT2D eigenvalue weighted by molar-refractivity contribution is 5.74. The van der Waals surface area contributed by atoms with E-state index in [0.717, 1.165) is 0 Å². The fraction of sp³-hybridized carbons (Fsp3) is 0.250. The third kappa shape index (κ3) is 5.60. The molecule has 0 spiro atoms. The normalized spacial score (nSPS) is 13.8. The van der Waals surface area contributed by atoms with Crippen molar-refractivity contribution in [3.63, 3.8) is 0 Å². The van der Waals surface area contributed by atoms with Crippen LogP contribution in [0, 0.1) is 17.7 Å². The Balaban J connectivity index is 2.84. The zero-order valence-corrected chi connectivity index (χ0v) is 11.4. The summed E-state index contributed by atoms with van der Waals surface area (Å²) in [5.41, 5.74) is 0.544. The molecule has 1 rings (SSSR count). The van der Waals surface area contributed by atoms with E-state index < -0.39 is 29.6 Å². The van der Waals surface area contributed by atoms with Gasteiger partial charge in [-0.3, -0.25) is 9.59 Å². The molecule has 0 aliphatic carbocycles. The van der Waals surface area contributed by atoms with E-state index in [1.807, 2.05) is 0 Å². The summed E-state index contributed by atoms with van der Waals surface area (Å²) in [6.07, 6.45) is 4.48. The number of benzene rings is 1. The number of carbonyl (C=O) groups is 2. The van der Waals surface area contributed by atoms with Crippen LogP contribution in [0.5, 0.6) is 0 Å². The highest BCUT2D eigenvalue weighted by Crippen LogP contribution is 2.15. The molecule has 0 saturated carbocycles. The Labute approximate surface area is 122 Å². The van der Waals surface area contributed by atoms with Gasteiger partial charge in [-0.1, -0.05) is 30.4 Å². The topological polar surface area (TPSA) is 74.6 Å². The molecule has 0 fully saturated rings. The van der Waals surface area contributed by atoms with E-state index in [1.165, 1.54) is 36.4 Å². The van der Waals surface area contributed by atoms with Crippen LogP contribution < -0.4 is 0 Å². The van der Waals surface area contributed by atoms with Gasteiger partial charge in [-0.05, 0) is 30.5 Å². The van der Waals surface area contributed by atoms with Crippen molar-refractivity contribution in [2.24, 2.45) is 11.8 Å². The Kier molecular flexibility index (Phi) is 6.33. The standard InChI is InChI=1S/C16H17FO4/c1-2-4-12(15(18)19)7-8-13(16(20)21)9-11-5-3-6-14(17)10-11/h2-3,5-8,10,12-13H,1,4,9H2,(H,18,19)(H,20,21)/t12-,13+/m0/s1. The van der Waals surface area contributed by atoms with Crippen molar-refractivity contribution in [3.05, 3.63) is 60.5 Å². The van der Waals surface area contributed by atoms with Gasteiger partial charge in [0.15, 0.2) is 0 Å². The lowest BCUT2D eigenvalue weighted by atomic mass is 9.96. The van der Waals surface area contributed by atoms with Gasteiger partial charge in [0, 0.05) is 0 Å². The predicted molar refractivity (Wildman–Crippen MR) is 76.3 cm³/mol. The molecular weight excluding hydrogens is 275 g/mol. The van der Waals surface area contributed by atoms with Gasteiger partial charge in [-0.25, -0.2) is 4.39 Å². The number of carboxylic acid groups (broad SMARTS) is 2. The Morgan fingerprint density at radius 2 is 1.81 bits per heavy atom. The minimum absolute atomic E-state index is 0.101. The second kappa shape index (κ2) is 7.99. The van der Waals surface area contributed by atoms with Crippen molar-refractivity contribution in [1.82, 2.24) is 0 Å². The molecule has 0 aromatic heterocycles. The molecule has 0 radical (unpaired) electrons. The van der Waals surface area contributed by atoms with E-state index in [2.05, 4.69) is 6.58 Å². The van der Waals surface area contributed by atoms with Crippen molar-refractivity contribution in [1.29, 1.82) is 0 Å². The summed E-state index contributed by atoms with van der Waals surface area (Å²) in [6.45, 7) is 3.47. The molecule has 0 amide bonds. The van der Waals surface area contributed by atoms with Crippen molar-refractivity contribution in [2.75, 3.05) is 0 Å². The van der Waals surface area contributed by atoms with Gasteiger partial charge in [0.2, 0.25) is 0 Å². The summed E-state index contributed by atoms with van der Waals surface area (Å²) in [5.74, 6) is -4.27. The first kappa shape index (κ1) is 16.6. The number of aliphatic carboxylic acids is 2. The zero-order valence-electron chi connectivity index (χ0n) is 11.4. The quantitative estimate of drug-likeness (QED) is 0.722.